The molecule has 0 fully saturated rings. The summed E-state index contributed by atoms with van der Waals surface area (Å²) in [6, 6.07) is 7.79. The molecule has 96 valence electrons. The molecular weight excluding hydrogens is 214 g/mol. The van der Waals surface area contributed by atoms with Crippen molar-refractivity contribution in [3.05, 3.63) is 29.8 Å². The van der Waals surface area contributed by atoms with Crippen molar-refractivity contribution in [2.24, 2.45) is 0 Å². The van der Waals surface area contributed by atoms with E-state index in [1.807, 2.05) is 12.1 Å². The Balaban J connectivity index is 2.68. The van der Waals surface area contributed by atoms with Crippen molar-refractivity contribution < 1.29 is 10.2 Å². The lowest BCUT2D eigenvalue weighted by Gasteiger charge is -2.29. The minimum Gasteiger partial charge on any atom is -0.508 e. The average molecular weight is 237 g/mol. The number of benzene rings is 1. The van der Waals surface area contributed by atoms with Crippen LogP contribution in [0.2, 0.25) is 0 Å². The SMILES string of the molecule is CCC(CC)N(CCO)Cc1ccc(O)cc1. The van der Waals surface area contributed by atoms with Gasteiger partial charge in [0.1, 0.15) is 5.75 Å². The number of nitrogens with zero attached hydrogens (tertiary/aromatic N) is 1. The summed E-state index contributed by atoms with van der Waals surface area (Å²) in [4.78, 5) is 2.30. The van der Waals surface area contributed by atoms with E-state index in [9.17, 15) is 5.11 Å². The normalized spacial score (nSPS) is 11.4. The first-order valence-electron chi connectivity index (χ1n) is 6.34. The summed E-state index contributed by atoms with van der Waals surface area (Å²) in [6.07, 6.45) is 2.18. The van der Waals surface area contributed by atoms with Crippen molar-refractivity contribution in [2.45, 2.75) is 39.3 Å². The Kier molecular flexibility index (Phi) is 6.01. The summed E-state index contributed by atoms with van der Waals surface area (Å²) in [6.45, 7) is 6.07. The van der Waals surface area contributed by atoms with E-state index in [2.05, 4.69) is 18.7 Å². The zero-order valence-electron chi connectivity index (χ0n) is 10.8. The summed E-state index contributed by atoms with van der Waals surface area (Å²) in [5, 5.41) is 18.4. The number of aliphatic hydroxyl groups excluding tert-OH is 1. The van der Waals surface area contributed by atoms with Gasteiger partial charge in [0.25, 0.3) is 0 Å². The number of rotatable bonds is 7. The third-order valence-corrected chi connectivity index (χ3v) is 3.17. The summed E-state index contributed by atoms with van der Waals surface area (Å²) >= 11 is 0. The van der Waals surface area contributed by atoms with Gasteiger partial charge in [0.2, 0.25) is 0 Å². The molecule has 1 aromatic carbocycles. The molecule has 0 amide bonds. The molecule has 0 saturated heterocycles. The lowest BCUT2D eigenvalue weighted by Crippen LogP contribution is -2.36. The van der Waals surface area contributed by atoms with Crippen molar-refractivity contribution in [3.8, 4) is 5.75 Å². The fourth-order valence-electron chi connectivity index (χ4n) is 2.16. The van der Waals surface area contributed by atoms with Crippen LogP contribution in [0.25, 0.3) is 0 Å². The molecule has 0 aliphatic rings. The Labute approximate surface area is 104 Å². The van der Waals surface area contributed by atoms with Crippen LogP contribution in [0, 0.1) is 0 Å². The Morgan fingerprint density at radius 3 is 2.18 bits per heavy atom. The summed E-state index contributed by atoms with van der Waals surface area (Å²) in [7, 11) is 0. The molecule has 3 heteroatoms. The maximum absolute atomic E-state index is 9.24. The van der Waals surface area contributed by atoms with Crippen LogP contribution in [0.4, 0.5) is 0 Å². The second-order valence-corrected chi connectivity index (χ2v) is 4.33. The third kappa shape index (κ3) is 4.36. The van der Waals surface area contributed by atoms with Crippen LogP contribution in [0.5, 0.6) is 5.75 Å². The Hall–Kier alpha value is -1.06. The standard InChI is InChI=1S/C14H23NO2/c1-3-13(4-2)15(9-10-16)11-12-5-7-14(17)8-6-12/h5-8,13,16-17H,3-4,9-11H2,1-2H3. The predicted octanol–water partition coefficient (Wildman–Crippen LogP) is 2.38. The fourth-order valence-corrected chi connectivity index (χ4v) is 2.16. The number of aliphatic hydroxyl groups is 1. The van der Waals surface area contributed by atoms with E-state index >= 15 is 0 Å². The zero-order chi connectivity index (χ0) is 12.7. The molecule has 0 aliphatic carbocycles. The summed E-state index contributed by atoms with van der Waals surface area (Å²) < 4.78 is 0. The van der Waals surface area contributed by atoms with Gasteiger partial charge in [-0.25, -0.2) is 0 Å². The predicted molar refractivity (Wildman–Crippen MR) is 70.0 cm³/mol. The number of hydrogen-bond acceptors (Lipinski definition) is 3. The number of phenolic OH excluding ortho intramolecular Hbond substituents is 1. The first kappa shape index (κ1) is 14.0. The number of aromatic hydroxyl groups is 1. The van der Waals surface area contributed by atoms with E-state index in [1.54, 1.807) is 12.1 Å². The van der Waals surface area contributed by atoms with Crippen LogP contribution >= 0.6 is 0 Å². The topological polar surface area (TPSA) is 43.7 Å². The highest BCUT2D eigenvalue weighted by Gasteiger charge is 2.14. The molecule has 0 bridgehead atoms. The van der Waals surface area contributed by atoms with Gasteiger partial charge in [-0.05, 0) is 30.5 Å². The lowest BCUT2D eigenvalue weighted by molar-refractivity contribution is 0.136. The highest BCUT2D eigenvalue weighted by Crippen LogP contribution is 2.15. The quantitative estimate of drug-likeness (QED) is 0.765. The van der Waals surface area contributed by atoms with Crippen LogP contribution in [-0.2, 0) is 6.54 Å². The number of phenols is 1. The van der Waals surface area contributed by atoms with Gasteiger partial charge in [-0.1, -0.05) is 26.0 Å². The molecule has 0 unspecified atom stereocenters. The summed E-state index contributed by atoms with van der Waals surface area (Å²) in [5.41, 5.74) is 1.17. The van der Waals surface area contributed by atoms with Gasteiger partial charge in [-0.3, -0.25) is 4.90 Å². The van der Waals surface area contributed by atoms with Gasteiger partial charge in [-0.2, -0.15) is 0 Å². The maximum atomic E-state index is 9.24. The molecule has 0 saturated carbocycles. The van der Waals surface area contributed by atoms with Gasteiger partial charge in [0.05, 0.1) is 6.61 Å². The van der Waals surface area contributed by atoms with E-state index in [0.717, 1.165) is 19.4 Å². The van der Waals surface area contributed by atoms with Crippen molar-refractivity contribution in [3.63, 3.8) is 0 Å². The average Bonchev–Trinajstić information content (AvgIpc) is 2.34. The van der Waals surface area contributed by atoms with Crippen LogP contribution in [0.15, 0.2) is 24.3 Å². The van der Waals surface area contributed by atoms with Crippen LogP contribution < -0.4 is 0 Å². The maximum Gasteiger partial charge on any atom is 0.115 e. The molecule has 2 N–H and O–H groups in total. The molecule has 0 heterocycles. The van der Waals surface area contributed by atoms with Gasteiger partial charge < -0.3 is 10.2 Å². The largest absolute Gasteiger partial charge is 0.508 e. The lowest BCUT2D eigenvalue weighted by atomic mass is 10.1. The third-order valence-electron chi connectivity index (χ3n) is 3.17. The van der Waals surface area contributed by atoms with Gasteiger partial charge >= 0.3 is 0 Å². The van der Waals surface area contributed by atoms with Gasteiger partial charge in [-0.15, -0.1) is 0 Å². The van der Waals surface area contributed by atoms with Gasteiger partial charge in [0.15, 0.2) is 0 Å². The molecule has 0 aromatic heterocycles. The highest BCUT2D eigenvalue weighted by molar-refractivity contribution is 5.25. The first-order valence-corrected chi connectivity index (χ1v) is 6.34. The molecule has 17 heavy (non-hydrogen) atoms. The molecule has 1 aromatic rings. The van der Waals surface area contributed by atoms with E-state index < -0.39 is 0 Å². The monoisotopic (exact) mass is 237 g/mol. The molecular formula is C14H23NO2. The Morgan fingerprint density at radius 2 is 1.71 bits per heavy atom. The van der Waals surface area contributed by atoms with E-state index in [0.29, 0.717) is 18.3 Å². The van der Waals surface area contributed by atoms with E-state index in [4.69, 9.17) is 5.11 Å². The van der Waals surface area contributed by atoms with Crippen molar-refractivity contribution in [2.75, 3.05) is 13.2 Å². The van der Waals surface area contributed by atoms with Crippen LogP contribution in [-0.4, -0.2) is 34.3 Å². The Morgan fingerprint density at radius 1 is 1.12 bits per heavy atom. The minimum absolute atomic E-state index is 0.189. The molecule has 3 nitrogen and oxygen atoms in total. The van der Waals surface area contributed by atoms with Crippen molar-refractivity contribution >= 4 is 0 Å². The first-order chi connectivity index (χ1) is 8.21. The van der Waals surface area contributed by atoms with Crippen molar-refractivity contribution in [1.29, 1.82) is 0 Å². The fraction of sp³-hybridized carbons (Fsp3) is 0.571. The van der Waals surface area contributed by atoms with E-state index in [-0.39, 0.29) is 6.61 Å². The number of hydrogen-bond donors (Lipinski definition) is 2. The van der Waals surface area contributed by atoms with Crippen LogP contribution in [0.1, 0.15) is 32.3 Å². The van der Waals surface area contributed by atoms with Crippen LogP contribution in [0.3, 0.4) is 0 Å². The second-order valence-electron chi connectivity index (χ2n) is 4.33. The summed E-state index contributed by atoms with van der Waals surface area (Å²) in [5.74, 6) is 0.296. The molecule has 0 spiro atoms. The Bertz CT molecular complexity index is 307. The smallest absolute Gasteiger partial charge is 0.115 e. The second kappa shape index (κ2) is 7.30. The molecule has 1 rings (SSSR count). The molecule has 0 atom stereocenters. The molecule has 0 aliphatic heterocycles. The van der Waals surface area contributed by atoms with Gasteiger partial charge in [0, 0.05) is 19.1 Å². The van der Waals surface area contributed by atoms with Crippen molar-refractivity contribution in [1.82, 2.24) is 4.90 Å². The zero-order valence-corrected chi connectivity index (χ0v) is 10.8. The minimum atomic E-state index is 0.189. The van der Waals surface area contributed by atoms with E-state index in [1.165, 1.54) is 5.56 Å². The highest BCUT2D eigenvalue weighted by atomic mass is 16.3. The molecule has 0 radical (unpaired) electrons.